The third-order valence-electron chi connectivity index (χ3n) is 3.40. The highest BCUT2D eigenvalue weighted by Gasteiger charge is 2.46. The van der Waals surface area contributed by atoms with Gasteiger partial charge in [0.1, 0.15) is 11.2 Å². The first-order valence-electron chi connectivity index (χ1n) is 5.72. The van der Waals surface area contributed by atoms with Crippen molar-refractivity contribution in [2.75, 3.05) is 0 Å². The number of aliphatic carboxylic acids is 1. The number of carbonyl (C=O) groups excluding carboxylic acids is 1. The Morgan fingerprint density at radius 1 is 1.53 bits per heavy atom. The van der Waals surface area contributed by atoms with E-state index in [4.69, 9.17) is 5.11 Å². The molecule has 0 unspecified atom stereocenters. The zero-order valence-corrected chi connectivity index (χ0v) is 10.3. The first kappa shape index (κ1) is 13.1. The molecule has 1 fully saturated rings. The molecule has 0 spiro atoms. The van der Waals surface area contributed by atoms with Gasteiger partial charge in [0.15, 0.2) is 0 Å². The number of carboxylic acid groups (broad SMARTS) is 1. The number of carboxylic acids is 1. The van der Waals surface area contributed by atoms with Crippen molar-refractivity contribution in [2.45, 2.75) is 24.8 Å². The highest BCUT2D eigenvalue weighted by atomic mass is 16.6. The minimum absolute atomic E-state index is 0.0687. The Morgan fingerprint density at radius 3 is 2.53 bits per heavy atom. The molecule has 2 N–H and O–H groups in total. The van der Waals surface area contributed by atoms with Crippen molar-refractivity contribution in [3.63, 3.8) is 0 Å². The average Bonchev–Trinajstić information content (AvgIpc) is 2.65. The van der Waals surface area contributed by atoms with Gasteiger partial charge >= 0.3 is 5.97 Å². The Hall–Kier alpha value is -2.38. The van der Waals surface area contributed by atoms with Gasteiger partial charge in [0.25, 0.3) is 11.6 Å². The van der Waals surface area contributed by atoms with E-state index in [1.54, 1.807) is 0 Å². The summed E-state index contributed by atoms with van der Waals surface area (Å²) in [4.78, 5) is 33.1. The number of carbonyl (C=O) groups is 2. The molecule has 0 radical (unpaired) electrons. The molecule has 1 aromatic rings. The Bertz CT molecular complexity index is 559. The summed E-state index contributed by atoms with van der Waals surface area (Å²) in [6.07, 6.45) is 2.70. The van der Waals surface area contributed by atoms with Crippen LogP contribution in [0.15, 0.2) is 12.3 Å². The van der Waals surface area contributed by atoms with E-state index in [2.05, 4.69) is 5.32 Å². The lowest BCUT2D eigenvalue weighted by molar-refractivity contribution is -0.384. The zero-order valence-electron chi connectivity index (χ0n) is 10.3. The number of rotatable bonds is 4. The summed E-state index contributed by atoms with van der Waals surface area (Å²) in [5.41, 5.74) is -1.36. The number of nitrogens with one attached hydrogen (secondary N) is 1. The van der Waals surface area contributed by atoms with Crippen LogP contribution in [0.2, 0.25) is 0 Å². The second-order valence-electron chi connectivity index (χ2n) is 4.65. The van der Waals surface area contributed by atoms with Gasteiger partial charge in [-0.2, -0.15) is 0 Å². The number of aromatic nitrogens is 1. The number of nitrogens with zero attached hydrogens (tertiary/aromatic N) is 2. The summed E-state index contributed by atoms with van der Waals surface area (Å²) in [6.45, 7) is 0. The van der Waals surface area contributed by atoms with Gasteiger partial charge in [-0.25, -0.2) is 4.79 Å². The molecule has 1 aliphatic carbocycles. The predicted octanol–water partition coefficient (Wildman–Crippen LogP) is 0.670. The molecule has 8 nitrogen and oxygen atoms in total. The fourth-order valence-electron chi connectivity index (χ4n) is 2.08. The molecule has 1 saturated carbocycles. The summed E-state index contributed by atoms with van der Waals surface area (Å²) in [5.74, 6) is -1.69. The van der Waals surface area contributed by atoms with Gasteiger partial charge in [-0.15, -0.1) is 0 Å². The van der Waals surface area contributed by atoms with Gasteiger partial charge < -0.3 is 15.0 Å². The Labute approximate surface area is 108 Å². The Balaban J connectivity index is 2.20. The number of amides is 1. The van der Waals surface area contributed by atoms with Crippen LogP contribution in [0.4, 0.5) is 5.69 Å². The molecule has 102 valence electrons. The van der Waals surface area contributed by atoms with Crippen molar-refractivity contribution in [3.05, 3.63) is 28.1 Å². The minimum atomic E-state index is -1.23. The first-order chi connectivity index (χ1) is 8.85. The highest BCUT2D eigenvalue weighted by Crippen LogP contribution is 2.32. The maximum Gasteiger partial charge on any atom is 0.329 e. The van der Waals surface area contributed by atoms with Gasteiger partial charge in [-0.3, -0.25) is 14.9 Å². The van der Waals surface area contributed by atoms with E-state index in [0.717, 1.165) is 12.5 Å². The van der Waals surface area contributed by atoms with Crippen LogP contribution in [0.3, 0.4) is 0 Å². The van der Waals surface area contributed by atoms with E-state index < -0.39 is 22.3 Å². The lowest BCUT2D eigenvalue weighted by Crippen LogP contribution is -2.59. The normalized spacial score (nSPS) is 16.5. The molecular weight excluding hydrogens is 254 g/mol. The van der Waals surface area contributed by atoms with Crippen LogP contribution < -0.4 is 5.32 Å². The third-order valence-corrected chi connectivity index (χ3v) is 3.40. The molecule has 0 atom stereocenters. The average molecular weight is 267 g/mol. The largest absolute Gasteiger partial charge is 0.480 e. The van der Waals surface area contributed by atoms with Gasteiger partial charge in [-0.05, 0) is 19.3 Å². The van der Waals surface area contributed by atoms with Crippen LogP contribution in [-0.2, 0) is 11.8 Å². The van der Waals surface area contributed by atoms with E-state index in [1.165, 1.54) is 17.8 Å². The van der Waals surface area contributed by atoms with E-state index in [0.29, 0.717) is 12.8 Å². The lowest BCUT2D eigenvalue weighted by Gasteiger charge is -2.38. The van der Waals surface area contributed by atoms with E-state index in [-0.39, 0.29) is 11.4 Å². The SMILES string of the molecule is Cn1cc([N+](=O)[O-])cc1C(=O)NC1(C(=O)O)CCC1. The number of nitro groups is 1. The highest BCUT2D eigenvalue weighted by molar-refractivity contribution is 5.97. The van der Waals surface area contributed by atoms with Crippen molar-refractivity contribution >= 4 is 17.6 Å². The first-order valence-corrected chi connectivity index (χ1v) is 5.72. The van der Waals surface area contributed by atoms with Crippen LogP contribution in [0, 0.1) is 10.1 Å². The smallest absolute Gasteiger partial charge is 0.329 e. The van der Waals surface area contributed by atoms with Gasteiger partial charge in [0.2, 0.25) is 0 Å². The fraction of sp³-hybridized carbons (Fsp3) is 0.455. The quantitative estimate of drug-likeness (QED) is 0.614. The van der Waals surface area contributed by atoms with Crippen LogP contribution in [0.1, 0.15) is 29.8 Å². The van der Waals surface area contributed by atoms with Crippen LogP contribution in [0.25, 0.3) is 0 Å². The van der Waals surface area contributed by atoms with Crippen LogP contribution in [-0.4, -0.2) is 32.0 Å². The fourth-order valence-corrected chi connectivity index (χ4v) is 2.08. The van der Waals surface area contributed by atoms with Crippen molar-refractivity contribution in [1.29, 1.82) is 0 Å². The van der Waals surface area contributed by atoms with Gasteiger partial charge in [-0.1, -0.05) is 0 Å². The Kier molecular flexibility index (Phi) is 3.01. The molecule has 0 saturated heterocycles. The van der Waals surface area contributed by atoms with Crippen LogP contribution in [0.5, 0.6) is 0 Å². The standard InChI is InChI=1S/C11H13N3O5/c1-13-6-7(14(18)19)5-8(13)9(15)12-11(10(16)17)3-2-4-11/h5-6H,2-4H2,1H3,(H,12,15)(H,16,17). The van der Waals surface area contributed by atoms with Crippen molar-refractivity contribution in [1.82, 2.24) is 9.88 Å². The monoisotopic (exact) mass is 267 g/mol. The predicted molar refractivity (Wildman–Crippen MR) is 63.8 cm³/mol. The van der Waals surface area contributed by atoms with E-state index in [9.17, 15) is 19.7 Å². The van der Waals surface area contributed by atoms with Gasteiger partial charge in [0, 0.05) is 13.1 Å². The van der Waals surface area contributed by atoms with Crippen LogP contribution >= 0.6 is 0 Å². The maximum absolute atomic E-state index is 12.0. The molecule has 0 bridgehead atoms. The second kappa shape index (κ2) is 4.38. The summed E-state index contributed by atoms with van der Waals surface area (Å²) in [6, 6.07) is 1.13. The molecule has 1 amide bonds. The molecule has 0 aliphatic heterocycles. The molecule has 1 aromatic heterocycles. The van der Waals surface area contributed by atoms with Crippen molar-refractivity contribution < 1.29 is 19.6 Å². The molecule has 1 heterocycles. The number of aryl methyl sites for hydroxylation is 1. The zero-order chi connectivity index (χ0) is 14.2. The molecule has 2 rings (SSSR count). The summed E-state index contributed by atoms with van der Waals surface area (Å²) in [5, 5.41) is 22.2. The molecule has 8 heteroatoms. The molecule has 19 heavy (non-hydrogen) atoms. The topological polar surface area (TPSA) is 114 Å². The summed E-state index contributed by atoms with van der Waals surface area (Å²) in [7, 11) is 1.50. The van der Waals surface area contributed by atoms with E-state index >= 15 is 0 Å². The molecular formula is C11H13N3O5. The summed E-state index contributed by atoms with van der Waals surface area (Å²) >= 11 is 0. The van der Waals surface area contributed by atoms with Crippen molar-refractivity contribution in [2.24, 2.45) is 7.05 Å². The van der Waals surface area contributed by atoms with E-state index in [1.807, 2.05) is 0 Å². The number of hydrogen-bond donors (Lipinski definition) is 2. The minimum Gasteiger partial charge on any atom is -0.480 e. The third kappa shape index (κ3) is 2.16. The van der Waals surface area contributed by atoms with Gasteiger partial charge in [0.05, 0.1) is 11.1 Å². The molecule has 1 aliphatic rings. The number of hydrogen-bond acceptors (Lipinski definition) is 4. The maximum atomic E-state index is 12.0. The Morgan fingerprint density at radius 2 is 2.16 bits per heavy atom. The molecule has 0 aromatic carbocycles. The lowest BCUT2D eigenvalue weighted by atomic mass is 9.76. The van der Waals surface area contributed by atoms with Crippen molar-refractivity contribution in [3.8, 4) is 0 Å². The summed E-state index contributed by atoms with van der Waals surface area (Å²) < 4.78 is 1.31. The second-order valence-corrected chi connectivity index (χ2v) is 4.65.